The number of rotatable bonds is 6. The Labute approximate surface area is 132 Å². The topological polar surface area (TPSA) is 64.4 Å². The summed E-state index contributed by atoms with van der Waals surface area (Å²) in [6, 6.07) is 7.12. The van der Waals surface area contributed by atoms with E-state index in [0.717, 1.165) is 13.0 Å². The number of hydrogen-bond acceptors (Lipinski definition) is 3. The molecule has 0 aliphatic heterocycles. The van der Waals surface area contributed by atoms with Gasteiger partial charge in [-0.25, -0.2) is 0 Å². The molecule has 0 radical (unpaired) electrons. The SMILES string of the molecule is Cl.Nc1ccccc1C(=O)NCCCOC1CCCCC1. The maximum absolute atomic E-state index is 11.9. The number of nitrogen functional groups attached to an aromatic ring is 1. The summed E-state index contributed by atoms with van der Waals surface area (Å²) in [4.78, 5) is 11.9. The predicted octanol–water partition coefficient (Wildman–Crippen LogP) is 3.16. The Morgan fingerprint density at radius 2 is 1.95 bits per heavy atom. The first-order chi connectivity index (χ1) is 9.77. The Morgan fingerprint density at radius 1 is 1.24 bits per heavy atom. The monoisotopic (exact) mass is 312 g/mol. The molecule has 1 fully saturated rings. The molecular formula is C16H25ClN2O2. The molecule has 1 amide bonds. The van der Waals surface area contributed by atoms with Crippen LogP contribution in [-0.2, 0) is 4.74 Å². The number of para-hydroxylation sites is 1. The summed E-state index contributed by atoms with van der Waals surface area (Å²) in [5, 5.41) is 2.88. The molecule has 118 valence electrons. The molecule has 0 unspecified atom stereocenters. The Kier molecular flexibility index (Phi) is 8.16. The summed E-state index contributed by atoms with van der Waals surface area (Å²) < 4.78 is 5.82. The zero-order chi connectivity index (χ0) is 14.2. The third-order valence-electron chi connectivity index (χ3n) is 3.72. The smallest absolute Gasteiger partial charge is 0.253 e. The maximum Gasteiger partial charge on any atom is 0.253 e. The van der Waals surface area contributed by atoms with Crippen molar-refractivity contribution in [2.45, 2.75) is 44.6 Å². The number of halogens is 1. The summed E-state index contributed by atoms with van der Waals surface area (Å²) in [7, 11) is 0. The molecule has 0 bridgehead atoms. The van der Waals surface area contributed by atoms with Gasteiger partial charge in [0, 0.05) is 18.8 Å². The quantitative estimate of drug-likeness (QED) is 0.626. The Hall–Kier alpha value is -1.26. The maximum atomic E-state index is 11.9. The van der Waals surface area contributed by atoms with E-state index in [4.69, 9.17) is 10.5 Å². The van der Waals surface area contributed by atoms with Crippen LogP contribution in [0.25, 0.3) is 0 Å². The number of nitrogens with two attached hydrogens (primary N) is 1. The number of benzene rings is 1. The average molecular weight is 313 g/mol. The standard InChI is InChI=1S/C16H24N2O2.ClH/c17-15-10-5-4-9-14(15)16(19)18-11-6-12-20-13-7-2-1-3-8-13;/h4-5,9-10,13H,1-3,6-8,11-12,17H2,(H,18,19);1H. The van der Waals surface area contributed by atoms with Gasteiger partial charge in [0.25, 0.3) is 5.91 Å². The molecule has 2 rings (SSSR count). The van der Waals surface area contributed by atoms with Crippen molar-refractivity contribution in [2.75, 3.05) is 18.9 Å². The van der Waals surface area contributed by atoms with E-state index < -0.39 is 0 Å². The first-order valence-corrected chi connectivity index (χ1v) is 7.51. The highest BCUT2D eigenvalue weighted by Gasteiger charge is 2.13. The highest BCUT2D eigenvalue weighted by molar-refractivity contribution is 5.98. The predicted molar refractivity (Wildman–Crippen MR) is 87.9 cm³/mol. The lowest BCUT2D eigenvalue weighted by atomic mass is 9.98. The normalized spacial score (nSPS) is 15.2. The summed E-state index contributed by atoms with van der Waals surface area (Å²) in [6.07, 6.45) is 7.57. The zero-order valence-corrected chi connectivity index (χ0v) is 13.2. The molecule has 3 N–H and O–H groups in total. The van der Waals surface area contributed by atoms with E-state index in [0.29, 0.717) is 23.9 Å². The van der Waals surface area contributed by atoms with Crippen LogP contribution in [-0.4, -0.2) is 25.2 Å². The molecule has 1 aliphatic rings. The molecule has 1 saturated carbocycles. The molecule has 1 aromatic rings. The average Bonchev–Trinajstić information content (AvgIpc) is 2.48. The van der Waals surface area contributed by atoms with Gasteiger partial charge >= 0.3 is 0 Å². The molecule has 4 nitrogen and oxygen atoms in total. The van der Waals surface area contributed by atoms with Crippen LogP contribution in [0.2, 0.25) is 0 Å². The molecule has 5 heteroatoms. The van der Waals surface area contributed by atoms with Crippen molar-refractivity contribution in [3.05, 3.63) is 29.8 Å². The highest BCUT2D eigenvalue weighted by atomic mass is 35.5. The van der Waals surface area contributed by atoms with Crippen molar-refractivity contribution in [3.8, 4) is 0 Å². The Morgan fingerprint density at radius 3 is 2.67 bits per heavy atom. The van der Waals surface area contributed by atoms with Crippen molar-refractivity contribution in [1.29, 1.82) is 0 Å². The van der Waals surface area contributed by atoms with Crippen LogP contribution < -0.4 is 11.1 Å². The number of ether oxygens (including phenoxy) is 1. The summed E-state index contributed by atoms with van der Waals surface area (Å²) in [6.45, 7) is 1.34. The van der Waals surface area contributed by atoms with Gasteiger partial charge in [-0.05, 0) is 31.4 Å². The van der Waals surface area contributed by atoms with Gasteiger partial charge in [0.15, 0.2) is 0 Å². The van der Waals surface area contributed by atoms with Crippen LogP contribution in [0.4, 0.5) is 5.69 Å². The van der Waals surface area contributed by atoms with Gasteiger partial charge < -0.3 is 15.8 Å². The number of carbonyl (C=O) groups excluding carboxylic acids is 1. The summed E-state index contributed by atoms with van der Waals surface area (Å²) >= 11 is 0. The lowest BCUT2D eigenvalue weighted by molar-refractivity contribution is 0.0273. The highest BCUT2D eigenvalue weighted by Crippen LogP contribution is 2.20. The molecule has 1 aliphatic carbocycles. The van der Waals surface area contributed by atoms with E-state index in [-0.39, 0.29) is 18.3 Å². The minimum absolute atomic E-state index is 0. The summed E-state index contributed by atoms with van der Waals surface area (Å²) in [5.74, 6) is -0.110. The molecule has 0 saturated heterocycles. The third kappa shape index (κ3) is 5.94. The molecule has 0 heterocycles. The van der Waals surface area contributed by atoms with Crippen LogP contribution >= 0.6 is 12.4 Å². The van der Waals surface area contributed by atoms with Gasteiger partial charge in [0.2, 0.25) is 0 Å². The van der Waals surface area contributed by atoms with Crippen LogP contribution in [0.3, 0.4) is 0 Å². The molecule has 1 aromatic carbocycles. The first-order valence-electron chi connectivity index (χ1n) is 7.51. The fraction of sp³-hybridized carbons (Fsp3) is 0.562. The van der Waals surface area contributed by atoms with Crippen molar-refractivity contribution in [1.82, 2.24) is 5.32 Å². The van der Waals surface area contributed by atoms with E-state index in [1.54, 1.807) is 12.1 Å². The van der Waals surface area contributed by atoms with E-state index in [2.05, 4.69) is 5.32 Å². The van der Waals surface area contributed by atoms with Crippen molar-refractivity contribution < 1.29 is 9.53 Å². The first kappa shape index (κ1) is 17.8. The van der Waals surface area contributed by atoms with E-state index in [9.17, 15) is 4.79 Å². The van der Waals surface area contributed by atoms with Crippen molar-refractivity contribution in [2.24, 2.45) is 0 Å². The van der Waals surface area contributed by atoms with Gasteiger partial charge in [-0.3, -0.25) is 4.79 Å². The van der Waals surface area contributed by atoms with Crippen molar-refractivity contribution in [3.63, 3.8) is 0 Å². The van der Waals surface area contributed by atoms with Gasteiger partial charge in [-0.1, -0.05) is 31.4 Å². The number of nitrogens with one attached hydrogen (secondary N) is 1. The Bertz CT molecular complexity index is 434. The Balaban J connectivity index is 0.00000220. The number of anilines is 1. The van der Waals surface area contributed by atoms with Gasteiger partial charge in [0.1, 0.15) is 0 Å². The number of carbonyl (C=O) groups is 1. The third-order valence-corrected chi connectivity index (χ3v) is 3.72. The van der Waals surface area contributed by atoms with E-state index in [1.807, 2.05) is 12.1 Å². The second kappa shape index (κ2) is 9.64. The molecule has 0 atom stereocenters. The molecule has 0 aromatic heterocycles. The van der Waals surface area contributed by atoms with Crippen molar-refractivity contribution >= 4 is 24.0 Å². The van der Waals surface area contributed by atoms with Crippen LogP contribution in [0.15, 0.2) is 24.3 Å². The minimum atomic E-state index is -0.110. The summed E-state index contributed by atoms with van der Waals surface area (Å²) in [5.41, 5.74) is 6.82. The lowest BCUT2D eigenvalue weighted by Crippen LogP contribution is -2.26. The molecular weight excluding hydrogens is 288 g/mol. The van der Waals surface area contributed by atoms with Crippen LogP contribution in [0, 0.1) is 0 Å². The van der Waals surface area contributed by atoms with Gasteiger partial charge in [0.05, 0.1) is 11.7 Å². The van der Waals surface area contributed by atoms with Gasteiger partial charge in [-0.2, -0.15) is 0 Å². The van der Waals surface area contributed by atoms with E-state index >= 15 is 0 Å². The van der Waals surface area contributed by atoms with Crippen LogP contribution in [0.1, 0.15) is 48.9 Å². The second-order valence-corrected chi connectivity index (χ2v) is 5.33. The number of hydrogen-bond donors (Lipinski definition) is 2. The van der Waals surface area contributed by atoms with Gasteiger partial charge in [-0.15, -0.1) is 12.4 Å². The lowest BCUT2D eigenvalue weighted by Gasteiger charge is -2.21. The minimum Gasteiger partial charge on any atom is -0.398 e. The molecule has 0 spiro atoms. The fourth-order valence-corrected chi connectivity index (χ4v) is 2.55. The largest absolute Gasteiger partial charge is 0.398 e. The molecule has 21 heavy (non-hydrogen) atoms. The fourth-order valence-electron chi connectivity index (χ4n) is 2.55. The van der Waals surface area contributed by atoms with E-state index in [1.165, 1.54) is 32.1 Å². The number of amides is 1. The second-order valence-electron chi connectivity index (χ2n) is 5.33. The van der Waals surface area contributed by atoms with Crippen LogP contribution in [0.5, 0.6) is 0 Å². The zero-order valence-electron chi connectivity index (χ0n) is 12.3.